The number of aliphatic hydroxyl groups excluding tert-OH is 1. The molecule has 2 N–H and O–H groups in total. The number of nitrogens with zero attached hydrogens (tertiary/aromatic N) is 2. The molecule has 30 heavy (non-hydrogen) atoms. The maximum atomic E-state index is 13.8. The summed E-state index contributed by atoms with van der Waals surface area (Å²) in [6.45, 7) is 1.20. The average molecular weight is 429 g/mol. The lowest BCUT2D eigenvalue weighted by molar-refractivity contribution is -0.137. The first-order valence-corrected chi connectivity index (χ1v) is 9.28. The Labute approximate surface area is 170 Å². The lowest BCUT2D eigenvalue weighted by Gasteiger charge is -2.30. The summed E-state index contributed by atoms with van der Waals surface area (Å²) < 4.78 is 51.2. The Morgan fingerprint density at radius 3 is 2.60 bits per heavy atom. The predicted octanol–water partition coefficient (Wildman–Crippen LogP) is 1.22. The number of morpholine rings is 1. The Kier molecular flexibility index (Phi) is 6.52. The predicted molar refractivity (Wildman–Crippen MR) is 101 cm³/mol. The molecule has 0 radical (unpaired) electrons. The number of hydrogen-bond donors (Lipinski definition) is 2. The highest BCUT2D eigenvalue weighted by Crippen LogP contribution is 2.38. The van der Waals surface area contributed by atoms with E-state index in [1.54, 1.807) is 4.90 Å². The van der Waals surface area contributed by atoms with Gasteiger partial charge in [0.1, 0.15) is 5.70 Å². The first-order chi connectivity index (χ1) is 14.3. The molecule has 2 heterocycles. The van der Waals surface area contributed by atoms with Gasteiger partial charge in [0.25, 0.3) is 5.91 Å². The van der Waals surface area contributed by atoms with E-state index in [2.05, 4.69) is 10.1 Å². The Hall–Kier alpha value is -2.79. The highest BCUT2D eigenvalue weighted by Gasteiger charge is 2.38. The van der Waals surface area contributed by atoms with Gasteiger partial charge in [-0.1, -0.05) is 0 Å². The number of ether oxygens (including phenoxy) is 2. The van der Waals surface area contributed by atoms with E-state index in [-0.39, 0.29) is 36.7 Å². The van der Waals surface area contributed by atoms with Crippen LogP contribution in [0.1, 0.15) is 5.56 Å². The molecule has 3 rings (SSSR count). The minimum Gasteiger partial charge on any atom is -0.466 e. The van der Waals surface area contributed by atoms with Crippen molar-refractivity contribution in [3.8, 4) is 0 Å². The number of aliphatic hydroxyl groups is 1. The van der Waals surface area contributed by atoms with Gasteiger partial charge >= 0.3 is 12.1 Å². The molecular weight excluding hydrogens is 407 g/mol. The van der Waals surface area contributed by atoms with Gasteiger partial charge in [-0.2, -0.15) is 13.2 Å². The van der Waals surface area contributed by atoms with Crippen molar-refractivity contribution < 1.29 is 37.3 Å². The largest absolute Gasteiger partial charge is 0.466 e. The number of methoxy groups -OCH3 is 1. The van der Waals surface area contributed by atoms with Crippen LogP contribution in [0.3, 0.4) is 0 Å². The molecule has 2 aliphatic rings. The van der Waals surface area contributed by atoms with Crippen molar-refractivity contribution in [2.24, 2.45) is 0 Å². The first kappa shape index (κ1) is 21.9. The summed E-state index contributed by atoms with van der Waals surface area (Å²) in [4.78, 5) is 27.6. The molecule has 0 bridgehead atoms. The monoisotopic (exact) mass is 429 g/mol. The number of rotatable bonds is 6. The molecule has 1 fully saturated rings. The third-order valence-electron chi connectivity index (χ3n) is 4.90. The summed E-state index contributed by atoms with van der Waals surface area (Å²) in [6, 6.07) is 3.76. The van der Waals surface area contributed by atoms with Gasteiger partial charge in [0, 0.05) is 25.3 Å². The Bertz CT molecular complexity index is 850. The fraction of sp³-hybridized carbons (Fsp3) is 0.474. The van der Waals surface area contributed by atoms with E-state index in [1.807, 2.05) is 0 Å². The van der Waals surface area contributed by atoms with Crippen LogP contribution < -0.4 is 10.2 Å². The molecule has 0 aromatic heterocycles. The Morgan fingerprint density at radius 1 is 1.30 bits per heavy atom. The van der Waals surface area contributed by atoms with Crippen LogP contribution in [0.25, 0.3) is 0 Å². The lowest BCUT2D eigenvalue weighted by atomic mass is 10.1. The number of amides is 1. The van der Waals surface area contributed by atoms with Crippen LogP contribution in [0.4, 0.5) is 24.5 Å². The summed E-state index contributed by atoms with van der Waals surface area (Å²) in [5.74, 6) is -1.51. The minimum atomic E-state index is -4.69. The number of nitrogens with one attached hydrogen (secondary N) is 1. The summed E-state index contributed by atoms with van der Waals surface area (Å²) in [5, 5.41) is 11.6. The van der Waals surface area contributed by atoms with E-state index in [9.17, 15) is 22.8 Å². The maximum absolute atomic E-state index is 13.8. The molecule has 0 atom stereocenters. The molecule has 2 aliphatic heterocycles. The van der Waals surface area contributed by atoms with Crippen molar-refractivity contribution in [3.05, 3.63) is 35.0 Å². The standard InChI is InChI=1S/C19H22F3N3O5/c1-29-18(28)13-11-25(4-7-26)17(27)16(13)23-15-3-2-12(10-14(15)19(20,21)22)24-5-8-30-9-6-24/h2-3,10,23,26H,4-9,11H2,1H3. The Morgan fingerprint density at radius 2 is 2.00 bits per heavy atom. The fourth-order valence-electron chi connectivity index (χ4n) is 3.38. The zero-order valence-electron chi connectivity index (χ0n) is 16.3. The van der Waals surface area contributed by atoms with Crippen LogP contribution in [-0.4, -0.2) is 75.0 Å². The second-order valence-electron chi connectivity index (χ2n) is 6.75. The van der Waals surface area contributed by atoms with E-state index < -0.39 is 23.6 Å². The molecule has 0 unspecified atom stereocenters. The van der Waals surface area contributed by atoms with Crippen molar-refractivity contribution in [1.29, 1.82) is 0 Å². The third kappa shape index (κ3) is 4.51. The topological polar surface area (TPSA) is 91.3 Å². The summed E-state index contributed by atoms with van der Waals surface area (Å²) >= 11 is 0. The number of anilines is 2. The third-order valence-corrected chi connectivity index (χ3v) is 4.90. The van der Waals surface area contributed by atoms with Gasteiger partial charge in [0.05, 0.1) is 50.3 Å². The van der Waals surface area contributed by atoms with E-state index in [1.165, 1.54) is 12.1 Å². The fourth-order valence-corrected chi connectivity index (χ4v) is 3.38. The number of esters is 1. The van der Waals surface area contributed by atoms with Gasteiger partial charge in [-0.05, 0) is 18.2 Å². The molecule has 1 aromatic carbocycles. The second-order valence-corrected chi connectivity index (χ2v) is 6.75. The van der Waals surface area contributed by atoms with E-state index in [0.29, 0.717) is 32.0 Å². The maximum Gasteiger partial charge on any atom is 0.418 e. The molecule has 1 amide bonds. The van der Waals surface area contributed by atoms with E-state index in [0.717, 1.165) is 18.1 Å². The highest BCUT2D eigenvalue weighted by molar-refractivity contribution is 6.08. The average Bonchev–Trinajstić information content (AvgIpc) is 3.03. The number of benzene rings is 1. The molecular formula is C19H22F3N3O5. The highest BCUT2D eigenvalue weighted by atomic mass is 19.4. The number of β-amino-alcohol motifs (C(OH)–C–C–N with tert-alkyl or cyclic N) is 1. The van der Waals surface area contributed by atoms with Crippen molar-refractivity contribution in [2.45, 2.75) is 6.18 Å². The quantitative estimate of drug-likeness (QED) is 0.657. The van der Waals surface area contributed by atoms with Crippen LogP contribution in [0.2, 0.25) is 0 Å². The van der Waals surface area contributed by atoms with Crippen molar-refractivity contribution in [3.63, 3.8) is 0 Å². The van der Waals surface area contributed by atoms with Crippen LogP contribution in [0.5, 0.6) is 0 Å². The van der Waals surface area contributed by atoms with Crippen LogP contribution >= 0.6 is 0 Å². The molecule has 0 aliphatic carbocycles. The van der Waals surface area contributed by atoms with Crippen LogP contribution in [0.15, 0.2) is 29.5 Å². The molecule has 8 nitrogen and oxygen atoms in total. The summed E-state index contributed by atoms with van der Waals surface area (Å²) in [7, 11) is 1.12. The van der Waals surface area contributed by atoms with Gasteiger partial charge in [0.2, 0.25) is 0 Å². The lowest BCUT2D eigenvalue weighted by Crippen LogP contribution is -2.36. The molecule has 1 aromatic rings. The molecule has 164 valence electrons. The van der Waals surface area contributed by atoms with E-state index in [4.69, 9.17) is 9.84 Å². The van der Waals surface area contributed by atoms with Crippen molar-refractivity contribution in [2.75, 3.05) is 63.3 Å². The first-order valence-electron chi connectivity index (χ1n) is 9.28. The molecule has 0 spiro atoms. The molecule has 1 saturated heterocycles. The number of carbonyl (C=O) groups excluding carboxylic acids is 2. The van der Waals surface area contributed by atoms with Crippen LogP contribution in [-0.2, 0) is 25.2 Å². The number of hydrogen-bond acceptors (Lipinski definition) is 7. The number of carbonyl (C=O) groups is 2. The zero-order valence-corrected chi connectivity index (χ0v) is 16.3. The van der Waals surface area contributed by atoms with Gasteiger partial charge in [-0.15, -0.1) is 0 Å². The van der Waals surface area contributed by atoms with E-state index >= 15 is 0 Å². The van der Waals surface area contributed by atoms with Crippen LogP contribution in [0, 0.1) is 0 Å². The Balaban J connectivity index is 1.97. The summed E-state index contributed by atoms with van der Waals surface area (Å²) in [5.41, 5.74) is -1.31. The molecule has 0 saturated carbocycles. The van der Waals surface area contributed by atoms with Gasteiger partial charge in [0.15, 0.2) is 0 Å². The summed E-state index contributed by atoms with van der Waals surface area (Å²) in [6.07, 6.45) is -4.69. The van der Waals surface area contributed by atoms with Crippen molar-refractivity contribution in [1.82, 2.24) is 4.90 Å². The number of alkyl halides is 3. The zero-order chi connectivity index (χ0) is 21.9. The van der Waals surface area contributed by atoms with Gasteiger partial charge in [-0.3, -0.25) is 4.79 Å². The minimum absolute atomic E-state index is 0.0629. The smallest absolute Gasteiger partial charge is 0.418 e. The van der Waals surface area contributed by atoms with Gasteiger partial charge in [-0.25, -0.2) is 4.79 Å². The SMILES string of the molecule is COC(=O)C1=C(Nc2ccc(N3CCOCC3)cc2C(F)(F)F)C(=O)N(CCO)C1. The number of halogens is 3. The van der Waals surface area contributed by atoms with Gasteiger partial charge < -0.3 is 29.7 Å². The second kappa shape index (κ2) is 8.92. The normalized spacial score (nSPS) is 17.6. The molecule has 11 heteroatoms. The van der Waals surface area contributed by atoms with Crippen molar-refractivity contribution >= 4 is 23.3 Å².